The van der Waals surface area contributed by atoms with E-state index in [1.165, 1.54) is 31.6 Å². The third kappa shape index (κ3) is 2.23. The van der Waals surface area contributed by atoms with Crippen molar-refractivity contribution in [3.05, 3.63) is 41.4 Å². The van der Waals surface area contributed by atoms with Gasteiger partial charge < -0.3 is 14.0 Å². The molecular formula is C20H19FN2O4. The number of fused-ring (bicyclic) bond motifs is 4. The monoisotopic (exact) mass is 370 g/mol. The van der Waals surface area contributed by atoms with Gasteiger partial charge in [0.1, 0.15) is 18.7 Å². The summed E-state index contributed by atoms with van der Waals surface area (Å²) in [4.78, 5) is 14.0. The van der Waals surface area contributed by atoms with Crippen LogP contribution in [0.5, 0.6) is 5.88 Å². The van der Waals surface area contributed by atoms with Crippen molar-refractivity contribution < 1.29 is 23.2 Å². The Kier molecular flexibility index (Phi) is 3.14. The maximum atomic E-state index is 14.8. The molecule has 0 N–H and O–H groups in total. The second-order valence-corrected chi connectivity index (χ2v) is 8.00. The third-order valence-corrected chi connectivity index (χ3v) is 6.67. The first-order valence-electron chi connectivity index (χ1n) is 9.56. The van der Waals surface area contributed by atoms with Crippen molar-refractivity contribution in [1.82, 2.24) is 5.16 Å². The van der Waals surface area contributed by atoms with Gasteiger partial charge in [0.15, 0.2) is 6.10 Å². The van der Waals surface area contributed by atoms with Gasteiger partial charge in [0.2, 0.25) is 0 Å². The molecule has 0 spiro atoms. The highest BCUT2D eigenvalue weighted by atomic mass is 19.1. The number of ether oxygens (including phenoxy) is 2. The SMILES string of the molecule is O=C1O[C@@H](COc2ccon2)[C@@H]2Cc3cc(C4C5CCCC54)c(F)cc3N12. The van der Waals surface area contributed by atoms with Crippen LogP contribution in [0.3, 0.4) is 0 Å². The summed E-state index contributed by atoms with van der Waals surface area (Å²) < 4.78 is 30.6. The number of benzene rings is 1. The minimum Gasteiger partial charge on any atom is -0.471 e. The summed E-state index contributed by atoms with van der Waals surface area (Å²) in [6, 6.07) is 4.95. The van der Waals surface area contributed by atoms with E-state index in [2.05, 4.69) is 5.16 Å². The predicted octanol–water partition coefficient (Wildman–Crippen LogP) is 3.66. The van der Waals surface area contributed by atoms with E-state index in [4.69, 9.17) is 14.0 Å². The molecule has 2 aliphatic carbocycles. The van der Waals surface area contributed by atoms with Crippen LogP contribution in [0, 0.1) is 17.7 Å². The molecule has 6 nitrogen and oxygen atoms in total. The van der Waals surface area contributed by atoms with Crippen LogP contribution in [0.1, 0.15) is 36.3 Å². The average molecular weight is 370 g/mol. The fourth-order valence-corrected chi connectivity index (χ4v) is 5.43. The van der Waals surface area contributed by atoms with Crippen LogP contribution in [0.15, 0.2) is 29.0 Å². The molecule has 2 unspecified atom stereocenters. The lowest BCUT2D eigenvalue weighted by atomic mass is 9.98. The predicted molar refractivity (Wildman–Crippen MR) is 92.2 cm³/mol. The van der Waals surface area contributed by atoms with Crippen molar-refractivity contribution >= 4 is 11.8 Å². The topological polar surface area (TPSA) is 64.8 Å². The van der Waals surface area contributed by atoms with Crippen LogP contribution in [0.4, 0.5) is 14.9 Å². The van der Waals surface area contributed by atoms with Crippen LogP contribution < -0.4 is 9.64 Å². The summed E-state index contributed by atoms with van der Waals surface area (Å²) >= 11 is 0. The number of cyclic esters (lactones) is 1. The number of rotatable bonds is 4. The smallest absolute Gasteiger partial charge is 0.415 e. The number of anilines is 1. The fraction of sp³-hybridized carbons (Fsp3) is 0.500. The van der Waals surface area contributed by atoms with E-state index < -0.39 is 12.2 Å². The first-order valence-corrected chi connectivity index (χ1v) is 9.56. The molecule has 6 rings (SSSR count). The van der Waals surface area contributed by atoms with E-state index in [1.807, 2.05) is 6.07 Å². The van der Waals surface area contributed by atoms with Crippen LogP contribution in [0.2, 0.25) is 0 Å². The number of aromatic nitrogens is 1. The highest BCUT2D eigenvalue weighted by molar-refractivity contribution is 5.93. The van der Waals surface area contributed by atoms with E-state index in [1.54, 1.807) is 11.0 Å². The minimum atomic E-state index is -0.442. The Morgan fingerprint density at radius 2 is 2.15 bits per heavy atom. The first kappa shape index (κ1) is 15.5. The summed E-state index contributed by atoms with van der Waals surface area (Å²) in [6.45, 7) is 0.190. The van der Waals surface area contributed by atoms with Gasteiger partial charge in [-0.3, -0.25) is 4.90 Å². The number of hydrogen-bond donors (Lipinski definition) is 0. The molecule has 1 aromatic carbocycles. The number of halogens is 1. The molecule has 7 heteroatoms. The minimum absolute atomic E-state index is 0.173. The summed E-state index contributed by atoms with van der Waals surface area (Å²) in [7, 11) is 0. The number of carbonyl (C=O) groups is 1. The molecule has 4 aliphatic rings. The molecule has 2 aliphatic heterocycles. The summed E-state index contributed by atoms with van der Waals surface area (Å²) in [5.41, 5.74) is 2.51. The van der Waals surface area contributed by atoms with Gasteiger partial charge >= 0.3 is 6.09 Å². The van der Waals surface area contributed by atoms with Crippen molar-refractivity contribution in [2.45, 2.75) is 43.7 Å². The summed E-state index contributed by atoms with van der Waals surface area (Å²) in [6.07, 6.45) is 4.92. The largest absolute Gasteiger partial charge is 0.471 e. The van der Waals surface area contributed by atoms with Gasteiger partial charge in [-0.15, -0.1) is 0 Å². The van der Waals surface area contributed by atoms with Gasteiger partial charge in [0.25, 0.3) is 5.88 Å². The molecule has 1 aromatic heterocycles. The first-order chi connectivity index (χ1) is 13.2. The molecule has 3 heterocycles. The van der Waals surface area contributed by atoms with Crippen LogP contribution >= 0.6 is 0 Å². The number of nitrogens with zero attached hydrogens (tertiary/aromatic N) is 2. The molecule has 0 radical (unpaired) electrons. The second kappa shape index (κ2) is 5.47. The maximum absolute atomic E-state index is 14.8. The maximum Gasteiger partial charge on any atom is 0.415 e. The van der Waals surface area contributed by atoms with Gasteiger partial charge in [-0.2, -0.15) is 0 Å². The number of carbonyl (C=O) groups excluding carboxylic acids is 1. The van der Waals surface area contributed by atoms with Crippen molar-refractivity contribution in [1.29, 1.82) is 0 Å². The van der Waals surface area contributed by atoms with E-state index in [0.29, 0.717) is 35.7 Å². The van der Waals surface area contributed by atoms with Gasteiger partial charge in [-0.1, -0.05) is 12.5 Å². The lowest BCUT2D eigenvalue weighted by Gasteiger charge is -2.16. The van der Waals surface area contributed by atoms with Gasteiger partial charge in [0.05, 0.1) is 11.7 Å². The van der Waals surface area contributed by atoms with Crippen molar-refractivity contribution in [2.24, 2.45) is 11.8 Å². The molecule has 27 heavy (non-hydrogen) atoms. The lowest BCUT2D eigenvalue weighted by Crippen LogP contribution is -2.36. The third-order valence-electron chi connectivity index (χ3n) is 6.67. The fourth-order valence-electron chi connectivity index (χ4n) is 5.43. The molecule has 3 fully saturated rings. The molecule has 4 atom stereocenters. The van der Waals surface area contributed by atoms with Gasteiger partial charge in [-0.25, -0.2) is 9.18 Å². The second-order valence-electron chi connectivity index (χ2n) is 8.00. The Morgan fingerprint density at radius 1 is 1.30 bits per heavy atom. The van der Waals surface area contributed by atoms with Gasteiger partial charge in [-0.05, 0) is 59.4 Å². The average Bonchev–Trinajstić information content (AvgIpc) is 3.20. The molecule has 2 aromatic rings. The standard InChI is InChI=1S/C20H19FN2O4/c21-14-8-15-10(6-13(14)19-11-2-1-3-12(11)19)7-16-17(27-20(24)23(15)16)9-25-18-4-5-26-22-18/h4-6,8,11-12,16-17,19H,1-3,7,9H2/t11?,12?,16-,17-,19?/m0/s1. The molecular weight excluding hydrogens is 351 g/mol. The number of amides is 1. The normalized spacial score (nSPS) is 32.9. The Balaban J connectivity index is 1.25. The van der Waals surface area contributed by atoms with Gasteiger partial charge in [0, 0.05) is 6.07 Å². The quantitative estimate of drug-likeness (QED) is 0.822. The Labute approximate surface area is 155 Å². The molecule has 140 valence electrons. The van der Waals surface area contributed by atoms with E-state index >= 15 is 0 Å². The highest BCUT2D eigenvalue weighted by Crippen LogP contribution is 2.63. The van der Waals surface area contributed by atoms with Crippen molar-refractivity contribution in [3.63, 3.8) is 0 Å². The zero-order valence-corrected chi connectivity index (χ0v) is 14.6. The van der Waals surface area contributed by atoms with E-state index in [0.717, 1.165) is 11.1 Å². The Hall–Kier alpha value is -2.57. The summed E-state index contributed by atoms with van der Waals surface area (Å²) in [5.74, 6) is 1.86. The highest BCUT2D eigenvalue weighted by Gasteiger charge is 2.55. The molecule has 2 saturated carbocycles. The van der Waals surface area contributed by atoms with Crippen LogP contribution in [0.25, 0.3) is 0 Å². The van der Waals surface area contributed by atoms with Crippen molar-refractivity contribution in [2.75, 3.05) is 11.5 Å². The molecule has 0 bridgehead atoms. The molecule has 1 amide bonds. The number of hydrogen-bond acceptors (Lipinski definition) is 5. The van der Waals surface area contributed by atoms with Crippen molar-refractivity contribution in [3.8, 4) is 5.88 Å². The summed E-state index contributed by atoms with van der Waals surface area (Å²) in [5, 5.41) is 3.70. The Bertz CT molecular complexity index is 905. The van der Waals surface area contributed by atoms with E-state index in [9.17, 15) is 9.18 Å². The lowest BCUT2D eigenvalue weighted by molar-refractivity contribution is 0.0886. The zero-order chi connectivity index (χ0) is 18.1. The van der Waals surface area contributed by atoms with Crippen LogP contribution in [-0.2, 0) is 11.2 Å². The van der Waals surface area contributed by atoms with Crippen LogP contribution in [-0.4, -0.2) is 30.0 Å². The zero-order valence-electron chi connectivity index (χ0n) is 14.6. The molecule has 1 saturated heterocycles. The van der Waals surface area contributed by atoms with E-state index in [-0.39, 0.29) is 18.5 Å². The Morgan fingerprint density at radius 3 is 2.93 bits per heavy atom.